The Kier molecular flexibility index (Phi) is 11.4. The molecule has 2 amide bonds. The molecule has 0 unspecified atom stereocenters. The van der Waals surface area contributed by atoms with Crippen LogP contribution in [0.2, 0.25) is 0 Å². The number of rotatable bonds is 12. The zero-order valence-corrected chi connectivity index (χ0v) is 31.4. The van der Waals surface area contributed by atoms with Gasteiger partial charge in [0.2, 0.25) is 0 Å². The van der Waals surface area contributed by atoms with Gasteiger partial charge in [-0.3, -0.25) is 9.59 Å². The van der Waals surface area contributed by atoms with Crippen molar-refractivity contribution < 1.29 is 29.1 Å². The summed E-state index contributed by atoms with van der Waals surface area (Å²) >= 11 is 0. The molecule has 0 saturated carbocycles. The number of benzene rings is 3. The molecule has 0 heterocycles. The number of carbonyl (C=O) groups excluding carboxylic acids is 2. The van der Waals surface area contributed by atoms with Gasteiger partial charge in [0, 0.05) is 11.1 Å². The molecule has 48 heavy (non-hydrogen) atoms. The molecule has 0 spiro atoms. The summed E-state index contributed by atoms with van der Waals surface area (Å²) in [6.45, 7) is 27.2. The van der Waals surface area contributed by atoms with Gasteiger partial charge in [-0.25, -0.2) is 19.6 Å². The Balaban J connectivity index is 1.63. The Morgan fingerprint density at radius 2 is 0.646 bits per heavy atom. The average molecular weight is 661 g/mol. The molecule has 3 rings (SSSR count). The van der Waals surface area contributed by atoms with Gasteiger partial charge in [-0.15, -0.1) is 0 Å². The minimum Gasteiger partial charge on any atom is -0.343 e. The van der Waals surface area contributed by atoms with E-state index in [2.05, 4.69) is 10.6 Å². The first kappa shape index (κ1) is 38.9. The Morgan fingerprint density at radius 1 is 0.396 bits per heavy atom. The van der Waals surface area contributed by atoms with Gasteiger partial charge in [-0.2, -0.15) is 0 Å². The predicted molar refractivity (Wildman–Crippen MR) is 190 cm³/mol. The SMILES string of the molecule is CC(C)(C)OOC(C)(C)c1ccc(C(C)(C)NC(=O)c2ccc(C(=O)NC(C)(C)c3ccc(C(C)(C)OOC(C)(C)C)cc3)cc2)cc1. The third-order valence-electron chi connectivity index (χ3n) is 7.86. The van der Waals surface area contributed by atoms with E-state index in [1.54, 1.807) is 24.3 Å². The molecule has 0 atom stereocenters. The Hall–Kier alpha value is -3.56. The molecule has 8 nitrogen and oxygen atoms in total. The highest BCUT2D eigenvalue weighted by molar-refractivity contribution is 5.98. The van der Waals surface area contributed by atoms with Crippen molar-refractivity contribution in [2.24, 2.45) is 0 Å². The summed E-state index contributed by atoms with van der Waals surface area (Å²) in [5.41, 5.74) is 1.23. The summed E-state index contributed by atoms with van der Waals surface area (Å²) in [5, 5.41) is 6.24. The summed E-state index contributed by atoms with van der Waals surface area (Å²) in [4.78, 5) is 49.1. The van der Waals surface area contributed by atoms with E-state index in [0.717, 1.165) is 22.3 Å². The molecule has 0 radical (unpaired) electrons. The lowest BCUT2D eigenvalue weighted by Crippen LogP contribution is -2.41. The van der Waals surface area contributed by atoms with Gasteiger partial charge in [0.05, 0.1) is 22.3 Å². The normalized spacial score (nSPS) is 13.3. The molecular weight excluding hydrogens is 604 g/mol. The fourth-order valence-electron chi connectivity index (χ4n) is 4.76. The van der Waals surface area contributed by atoms with Crippen molar-refractivity contribution in [2.75, 3.05) is 0 Å². The van der Waals surface area contributed by atoms with Crippen LogP contribution >= 0.6 is 0 Å². The summed E-state index contributed by atoms with van der Waals surface area (Å²) in [6, 6.07) is 22.5. The van der Waals surface area contributed by atoms with Crippen molar-refractivity contribution in [1.82, 2.24) is 10.6 Å². The zero-order chi connectivity index (χ0) is 36.3. The topological polar surface area (TPSA) is 95.1 Å². The smallest absolute Gasteiger partial charge is 0.251 e. The first-order valence-corrected chi connectivity index (χ1v) is 16.5. The third-order valence-corrected chi connectivity index (χ3v) is 7.86. The lowest BCUT2D eigenvalue weighted by Gasteiger charge is -2.31. The van der Waals surface area contributed by atoms with Crippen molar-refractivity contribution in [2.45, 2.75) is 130 Å². The van der Waals surface area contributed by atoms with Gasteiger partial charge in [0.1, 0.15) is 11.2 Å². The van der Waals surface area contributed by atoms with Gasteiger partial charge in [-0.1, -0.05) is 48.5 Å². The highest BCUT2D eigenvalue weighted by atomic mass is 17.2. The van der Waals surface area contributed by atoms with Crippen molar-refractivity contribution in [3.63, 3.8) is 0 Å². The second-order valence-electron chi connectivity index (χ2n) is 16.5. The minimum atomic E-state index is -0.654. The van der Waals surface area contributed by atoms with Crippen LogP contribution in [0, 0.1) is 0 Å². The summed E-state index contributed by atoms with van der Waals surface area (Å²) in [5.74, 6) is -0.475. The third kappa shape index (κ3) is 10.7. The molecule has 0 saturated heterocycles. The maximum absolute atomic E-state index is 13.3. The maximum Gasteiger partial charge on any atom is 0.251 e. The second kappa shape index (κ2) is 14.1. The molecule has 3 aromatic carbocycles. The maximum atomic E-state index is 13.3. The van der Waals surface area contributed by atoms with E-state index < -0.39 is 33.5 Å². The number of hydrogen-bond donors (Lipinski definition) is 2. The second-order valence-corrected chi connectivity index (χ2v) is 16.5. The number of hydrogen-bond acceptors (Lipinski definition) is 6. The van der Waals surface area contributed by atoms with Gasteiger partial charge in [0.15, 0.2) is 0 Å². The Morgan fingerprint density at radius 3 is 0.896 bits per heavy atom. The summed E-state index contributed by atoms with van der Waals surface area (Å²) in [6.07, 6.45) is 0. The molecule has 0 aliphatic heterocycles. The van der Waals surface area contributed by atoms with Crippen LogP contribution in [0.5, 0.6) is 0 Å². The fraction of sp³-hybridized carbons (Fsp3) is 0.500. The number of amides is 2. The van der Waals surface area contributed by atoms with Crippen LogP contribution in [0.1, 0.15) is 140 Å². The fourth-order valence-corrected chi connectivity index (χ4v) is 4.76. The molecule has 8 heteroatoms. The monoisotopic (exact) mass is 660 g/mol. The summed E-state index contributed by atoms with van der Waals surface area (Å²) < 4.78 is 0. The Labute approximate surface area is 287 Å². The highest BCUT2D eigenvalue weighted by Crippen LogP contribution is 2.31. The molecule has 0 bridgehead atoms. The quantitative estimate of drug-likeness (QED) is 0.149. The summed E-state index contributed by atoms with van der Waals surface area (Å²) in [7, 11) is 0. The van der Waals surface area contributed by atoms with Crippen LogP contribution in [0.3, 0.4) is 0 Å². The number of carbonyl (C=O) groups is 2. The van der Waals surface area contributed by atoms with E-state index in [1.165, 1.54) is 0 Å². The Bertz CT molecular complexity index is 1420. The first-order chi connectivity index (χ1) is 21.8. The molecule has 3 aromatic rings. The van der Waals surface area contributed by atoms with Crippen LogP contribution in [0.15, 0.2) is 72.8 Å². The van der Waals surface area contributed by atoms with Crippen LogP contribution in [0.4, 0.5) is 0 Å². The first-order valence-electron chi connectivity index (χ1n) is 16.5. The van der Waals surface area contributed by atoms with Gasteiger partial charge >= 0.3 is 0 Å². The highest BCUT2D eigenvalue weighted by Gasteiger charge is 2.30. The average Bonchev–Trinajstić information content (AvgIpc) is 2.98. The number of nitrogens with one attached hydrogen (secondary N) is 2. The van der Waals surface area contributed by atoms with E-state index >= 15 is 0 Å². The molecule has 0 fully saturated rings. The lowest BCUT2D eigenvalue weighted by atomic mass is 9.90. The van der Waals surface area contributed by atoms with Gasteiger partial charge < -0.3 is 10.6 Å². The van der Waals surface area contributed by atoms with Crippen LogP contribution < -0.4 is 10.6 Å². The molecule has 2 N–H and O–H groups in total. The lowest BCUT2D eigenvalue weighted by molar-refractivity contribution is -0.401. The largest absolute Gasteiger partial charge is 0.343 e. The molecule has 0 aliphatic rings. The van der Waals surface area contributed by atoms with Crippen LogP contribution in [0.25, 0.3) is 0 Å². The molecular formula is C40H56N2O6. The standard InChI is InChI=1S/C40H56N2O6/c1-35(2,3)45-47-39(11,12)31-23-19-29(20-24-31)37(7,8)41-33(43)27-15-17-28(18-16-27)34(44)42-38(9,10)30-21-25-32(26-22-30)40(13,14)48-46-36(4,5)6/h15-26H,1-14H3,(H,41,43)(H,42,44). The van der Waals surface area contributed by atoms with Crippen molar-refractivity contribution in [1.29, 1.82) is 0 Å². The zero-order valence-electron chi connectivity index (χ0n) is 31.4. The van der Waals surface area contributed by atoms with Crippen molar-refractivity contribution >= 4 is 11.8 Å². The predicted octanol–water partition coefficient (Wildman–Crippen LogP) is 8.98. The molecule has 0 aromatic heterocycles. The van der Waals surface area contributed by atoms with E-state index in [1.807, 2.05) is 145 Å². The van der Waals surface area contributed by atoms with E-state index in [9.17, 15) is 9.59 Å². The van der Waals surface area contributed by atoms with Gasteiger partial charge in [0.25, 0.3) is 11.8 Å². The van der Waals surface area contributed by atoms with E-state index in [-0.39, 0.29) is 11.8 Å². The van der Waals surface area contributed by atoms with Crippen molar-refractivity contribution in [3.05, 3.63) is 106 Å². The molecule has 0 aliphatic carbocycles. The van der Waals surface area contributed by atoms with Gasteiger partial charge in [-0.05, 0) is 143 Å². The van der Waals surface area contributed by atoms with Crippen molar-refractivity contribution in [3.8, 4) is 0 Å². The minimum absolute atomic E-state index is 0.238. The van der Waals surface area contributed by atoms with Crippen LogP contribution in [-0.4, -0.2) is 23.0 Å². The van der Waals surface area contributed by atoms with Crippen LogP contribution in [-0.2, 0) is 41.8 Å². The van der Waals surface area contributed by atoms with E-state index in [4.69, 9.17) is 19.6 Å². The van der Waals surface area contributed by atoms with E-state index in [0.29, 0.717) is 11.1 Å². The molecule has 262 valence electrons.